The molecular weight excluding hydrogens is 314 g/mol. The van der Waals surface area contributed by atoms with Gasteiger partial charge in [-0.2, -0.15) is 5.10 Å². The molecule has 1 aromatic carbocycles. The maximum atomic E-state index is 4.69. The minimum Gasteiger partial charge on any atom is -0.310 e. The van der Waals surface area contributed by atoms with E-state index in [-0.39, 0.29) is 0 Å². The van der Waals surface area contributed by atoms with Gasteiger partial charge in [0, 0.05) is 29.2 Å². The monoisotopic (exact) mass is 331 g/mol. The highest BCUT2D eigenvalue weighted by Gasteiger charge is 2.26. The van der Waals surface area contributed by atoms with Gasteiger partial charge < -0.3 is 5.32 Å². The third-order valence-electron chi connectivity index (χ3n) is 4.04. The van der Waals surface area contributed by atoms with Gasteiger partial charge in [0.2, 0.25) is 0 Å². The summed E-state index contributed by atoms with van der Waals surface area (Å²) in [5, 5.41) is 8.23. The zero-order valence-electron chi connectivity index (χ0n) is 11.3. The first-order chi connectivity index (χ1) is 9.79. The molecule has 2 fully saturated rings. The van der Waals surface area contributed by atoms with Crippen molar-refractivity contribution in [3.8, 4) is 5.69 Å². The summed E-state index contributed by atoms with van der Waals surface area (Å²) in [6.07, 6.45) is 7.32. The first-order valence-corrected chi connectivity index (χ1v) is 8.16. The minimum atomic E-state index is 0.706. The van der Waals surface area contributed by atoms with Crippen LogP contribution in [0.5, 0.6) is 0 Å². The molecule has 2 aromatic rings. The van der Waals surface area contributed by atoms with Crippen LogP contribution < -0.4 is 5.32 Å². The van der Waals surface area contributed by atoms with Crippen molar-refractivity contribution in [1.29, 1.82) is 0 Å². The molecule has 2 aliphatic rings. The van der Waals surface area contributed by atoms with Crippen molar-refractivity contribution in [2.45, 2.75) is 44.2 Å². The Hall–Kier alpha value is -1.13. The van der Waals surface area contributed by atoms with Crippen molar-refractivity contribution in [3.63, 3.8) is 0 Å². The second kappa shape index (κ2) is 5.01. The van der Waals surface area contributed by atoms with E-state index in [0.717, 1.165) is 22.7 Å². The molecule has 1 heterocycles. The summed E-state index contributed by atoms with van der Waals surface area (Å²) in [6.45, 7) is 0.954. The predicted octanol–water partition coefficient (Wildman–Crippen LogP) is 3.76. The van der Waals surface area contributed by atoms with Crippen LogP contribution in [0.3, 0.4) is 0 Å². The first-order valence-electron chi connectivity index (χ1n) is 7.37. The predicted molar refractivity (Wildman–Crippen MR) is 83.1 cm³/mol. The van der Waals surface area contributed by atoms with Crippen LogP contribution in [0.2, 0.25) is 0 Å². The lowest BCUT2D eigenvalue weighted by Crippen LogP contribution is -2.15. The molecule has 0 aliphatic heterocycles. The quantitative estimate of drug-likeness (QED) is 0.903. The molecule has 4 heteroatoms. The Balaban J connectivity index is 1.53. The fraction of sp³-hybridized carbons (Fsp3) is 0.438. The number of rotatable bonds is 5. The molecule has 0 amide bonds. The number of nitrogens with one attached hydrogen (secondary N) is 1. The van der Waals surface area contributed by atoms with E-state index in [1.165, 1.54) is 36.9 Å². The molecule has 0 radical (unpaired) electrons. The molecule has 0 unspecified atom stereocenters. The SMILES string of the molecule is Brc1cc(CNC2CC2)ccc1-n1ccc(C2CC2)n1. The molecule has 0 atom stereocenters. The molecule has 2 aliphatic carbocycles. The zero-order chi connectivity index (χ0) is 13.5. The van der Waals surface area contributed by atoms with Crippen molar-refractivity contribution in [2.24, 2.45) is 0 Å². The second-order valence-electron chi connectivity index (χ2n) is 5.90. The van der Waals surface area contributed by atoms with Gasteiger partial charge in [0.25, 0.3) is 0 Å². The Morgan fingerprint density at radius 3 is 2.75 bits per heavy atom. The number of hydrogen-bond acceptors (Lipinski definition) is 2. The second-order valence-corrected chi connectivity index (χ2v) is 6.75. The Morgan fingerprint density at radius 1 is 1.20 bits per heavy atom. The van der Waals surface area contributed by atoms with Gasteiger partial charge in [-0.1, -0.05) is 6.07 Å². The van der Waals surface area contributed by atoms with Gasteiger partial charge in [0.15, 0.2) is 0 Å². The van der Waals surface area contributed by atoms with Crippen LogP contribution in [0.1, 0.15) is 42.9 Å². The van der Waals surface area contributed by atoms with E-state index in [0.29, 0.717) is 5.92 Å². The van der Waals surface area contributed by atoms with Crippen LogP contribution in [0.15, 0.2) is 34.9 Å². The van der Waals surface area contributed by atoms with Crippen LogP contribution in [0.4, 0.5) is 0 Å². The van der Waals surface area contributed by atoms with Crippen molar-refractivity contribution >= 4 is 15.9 Å². The summed E-state index contributed by atoms with van der Waals surface area (Å²) >= 11 is 3.68. The summed E-state index contributed by atoms with van der Waals surface area (Å²) in [4.78, 5) is 0. The standard InChI is InChI=1S/C16H18BrN3/c17-14-9-11(10-18-13-4-5-13)1-6-16(14)20-8-7-15(19-20)12-2-3-12/h1,6-9,12-13,18H,2-5,10H2. The van der Waals surface area contributed by atoms with Gasteiger partial charge in [-0.05, 0) is 65.4 Å². The summed E-state index contributed by atoms with van der Waals surface area (Å²) < 4.78 is 3.09. The molecule has 3 nitrogen and oxygen atoms in total. The first kappa shape index (κ1) is 12.6. The minimum absolute atomic E-state index is 0.706. The third-order valence-corrected chi connectivity index (χ3v) is 4.67. The zero-order valence-corrected chi connectivity index (χ0v) is 12.9. The Labute approximate surface area is 127 Å². The van der Waals surface area contributed by atoms with Gasteiger partial charge in [0.1, 0.15) is 0 Å². The molecule has 1 aromatic heterocycles. The molecular formula is C16H18BrN3. The fourth-order valence-electron chi connectivity index (χ4n) is 2.46. The lowest BCUT2D eigenvalue weighted by Gasteiger charge is -2.08. The van der Waals surface area contributed by atoms with Crippen molar-refractivity contribution in [1.82, 2.24) is 15.1 Å². The maximum Gasteiger partial charge on any atom is 0.0787 e. The van der Waals surface area contributed by atoms with Crippen LogP contribution in [0.25, 0.3) is 5.69 Å². The van der Waals surface area contributed by atoms with Gasteiger partial charge in [-0.15, -0.1) is 0 Å². The molecule has 4 rings (SSSR count). The van der Waals surface area contributed by atoms with Gasteiger partial charge >= 0.3 is 0 Å². The third kappa shape index (κ3) is 2.67. The van der Waals surface area contributed by atoms with Crippen molar-refractivity contribution < 1.29 is 0 Å². The Morgan fingerprint density at radius 2 is 2.05 bits per heavy atom. The average molecular weight is 332 g/mol. The summed E-state index contributed by atoms with van der Waals surface area (Å²) in [6, 6.07) is 9.43. The lowest BCUT2D eigenvalue weighted by atomic mass is 10.2. The topological polar surface area (TPSA) is 29.9 Å². The Bertz CT molecular complexity index is 626. The highest BCUT2D eigenvalue weighted by molar-refractivity contribution is 9.10. The molecule has 0 bridgehead atoms. The molecule has 104 valence electrons. The summed E-state index contributed by atoms with van der Waals surface area (Å²) in [5.41, 5.74) is 3.67. The van der Waals surface area contributed by atoms with Crippen LogP contribution >= 0.6 is 15.9 Å². The number of nitrogens with zero attached hydrogens (tertiary/aromatic N) is 2. The highest BCUT2D eigenvalue weighted by atomic mass is 79.9. The van der Waals surface area contributed by atoms with Gasteiger partial charge in [-0.25, -0.2) is 4.68 Å². The largest absolute Gasteiger partial charge is 0.310 e. The number of benzene rings is 1. The number of halogens is 1. The molecule has 0 spiro atoms. The Kier molecular flexibility index (Phi) is 3.15. The van der Waals surface area contributed by atoms with Crippen molar-refractivity contribution in [2.75, 3.05) is 0 Å². The smallest absolute Gasteiger partial charge is 0.0787 e. The summed E-state index contributed by atoms with van der Waals surface area (Å²) in [7, 11) is 0. The van der Waals surface area contributed by atoms with E-state index < -0.39 is 0 Å². The van der Waals surface area contributed by atoms with Gasteiger partial charge in [-0.3, -0.25) is 0 Å². The van der Waals surface area contributed by atoms with Gasteiger partial charge in [0.05, 0.1) is 11.4 Å². The maximum absolute atomic E-state index is 4.69. The summed E-state index contributed by atoms with van der Waals surface area (Å²) in [5.74, 6) is 0.706. The number of aromatic nitrogens is 2. The van der Waals surface area contributed by atoms with E-state index in [4.69, 9.17) is 0 Å². The molecule has 20 heavy (non-hydrogen) atoms. The molecule has 2 saturated carbocycles. The van der Waals surface area contributed by atoms with E-state index >= 15 is 0 Å². The van der Waals surface area contributed by atoms with Crippen molar-refractivity contribution in [3.05, 3.63) is 46.2 Å². The van der Waals surface area contributed by atoms with E-state index in [2.05, 4.69) is 56.8 Å². The highest BCUT2D eigenvalue weighted by Crippen LogP contribution is 2.39. The normalized spacial score (nSPS) is 18.4. The van der Waals surface area contributed by atoms with Crippen LogP contribution in [0, 0.1) is 0 Å². The molecule has 0 saturated heterocycles. The van der Waals surface area contributed by atoms with Crippen LogP contribution in [-0.2, 0) is 6.54 Å². The fourth-order valence-corrected chi connectivity index (χ4v) is 3.07. The van der Waals surface area contributed by atoms with E-state index in [1.807, 2.05) is 4.68 Å². The average Bonchev–Trinajstić information content (AvgIpc) is 3.37. The number of hydrogen-bond donors (Lipinski definition) is 1. The van der Waals surface area contributed by atoms with Crippen LogP contribution in [-0.4, -0.2) is 15.8 Å². The van der Waals surface area contributed by atoms with E-state index in [1.54, 1.807) is 0 Å². The lowest BCUT2D eigenvalue weighted by molar-refractivity contribution is 0.687. The molecule has 1 N–H and O–H groups in total. The van der Waals surface area contributed by atoms with E-state index in [9.17, 15) is 0 Å².